The van der Waals surface area contributed by atoms with Crippen molar-refractivity contribution in [3.8, 4) is 5.69 Å². The first kappa shape index (κ1) is 23.2. The second-order valence-corrected chi connectivity index (χ2v) is 6.96. The number of hydrogen-bond acceptors (Lipinski definition) is 4. The Bertz CT molecular complexity index is 797. The van der Waals surface area contributed by atoms with E-state index in [1.807, 2.05) is 0 Å². The smallest absolute Gasteiger partial charge is 0.384 e. The minimum Gasteiger partial charge on any atom is -0.384 e. The molecule has 160 valence electrons. The van der Waals surface area contributed by atoms with E-state index >= 15 is 0 Å². The Labute approximate surface area is 173 Å². The molecule has 1 amide bonds. The van der Waals surface area contributed by atoms with Gasteiger partial charge in [-0.05, 0) is 49.7 Å². The predicted molar refractivity (Wildman–Crippen MR) is 104 cm³/mol. The molecule has 6 nitrogen and oxygen atoms in total. The molecule has 1 aliphatic heterocycles. The Morgan fingerprint density at radius 3 is 2.45 bits per heavy atom. The van der Waals surface area contributed by atoms with Crippen molar-refractivity contribution in [3.63, 3.8) is 0 Å². The van der Waals surface area contributed by atoms with Crippen LogP contribution in [-0.2, 0) is 22.3 Å². The minimum absolute atomic E-state index is 0. The summed E-state index contributed by atoms with van der Waals surface area (Å²) in [5, 5.41) is 9.75. The van der Waals surface area contributed by atoms with E-state index < -0.39 is 17.3 Å². The largest absolute Gasteiger partial charge is 0.435 e. The summed E-state index contributed by atoms with van der Waals surface area (Å²) in [7, 11) is 1.59. The normalized spacial score (nSPS) is 16.1. The number of amides is 1. The van der Waals surface area contributed by atoms with Gasteiger partial charge in [0.15, 0.2) is 5.69 Å². The summed E-state index contributed by atoms with van der Waals surface area (Å²) in [4.78, 5) is 12.7. The molecule has 0 aliphatic carbocycles. The highest BCUT2D eigenvalue weighted by atomic mass is 35.5. The molecule has 0 atom stereocenters. The van der Waals surface area contributed by atoms with Crippen molar-refractivity contribution in [3.05, 3.63) is 47.8 Å². The van der Waals surface area contributed by atoms with Crippen molar-refractivity contribution in [1.29, 1.82) is 0 Å². The highest BCUT2D eigenvalue weighted by molar-refractivity contribution is 5.85. The molecule has 0 spiro atoms. The van der Waals surface area contributed by atoms with Gasteiger partial charge in [-0.25, -0.2) is 4.68 Å². The van der Waals surface area contributed by atoms with Gasteiger partial charge in [-0.1, -0.05) is 12.1 Å². The van der Waals surface area contributed by atoms with Crippen molar-refractivity contribution < 1.29 is 22.7 Å². The van der Waals surface area contributed by atoms with Crippen LogP contribution in [0.3, 0.4) is 0 Å². The van der Waals surface area contributed by atoms with Gasteiger partial charge in [0.1, 0.15) is 0 Å². The number of rotatable bonds is 6. The van der Waals surface area contributed by atoms with Crippen molar-refractivity contribution in [2.24, 2.45) is 5.41 Å². The van der Waals surface area contributed by atoms with Crippen LogP contribution < -0.4 is 10.6 Å². The van der Waals surface area contributed by atoms with Crippen LogP contribution in [0.4, 0.5) is 13.2 Å². The summed E-state index contributed by atoms with van der Waals surface area (Å²) < 4.78 is 44.4. The molecule has 2 heterocycles. The topological polar surface area (TPSA) is 68.2 Å². The van der Waals surface area contributed by atoms with Gasteiger partial charge in [0, 0.05) is 19.9 Å². The number of aromatic nitrogens is 2. The maximum atomic E-state index is 12.7. The summed E-state index contributed by atoms with van der Waals surface area (Å²) >= 11 is 0. The third-order valence-electron chi connectivity index (χ3n) is 5.00. The lowest BCUT2D eigenvalue weighted by atomic mass is 9.78. The summed E-state index contributed by atoms with van der Waals surface area (Å²) in [5.74, 6) is -0.0400. The Hall–Kier alpha value is -2.10. The molecule has 1 aromatic carbocycles. The third kappa shape index (κ3) is 5.49. The fraction of sp³-hybridized carbons (Fsp3) is 0.474. The standard InChI is InChI=1S/C19H23F3N4O2.ClH/c1-28-13-18(7-9-23-10-8-18)17(27)24-12-14-2-4-15(5-3-14)26-11-6-16(25-26)19(20,21)22;/h2-6,11,23H,7-10,12-13H2,1H3,(H,24,27);1H. The van der Waals surface area contributed by atoms with E-state index in [1.54, 1.807) is 31.4 Å². The molecule has 1 aliphatic rings. The quantitative estimate of drug-likeness (QED) is 0.736. The van der Waals surface area contributed by atoms with Crippen LogP contribution in [0.5, 0.6) is 0 Å². The number of piperidine rings is 1. The van der Waals surface area contributed by atoms with Crippen LogP contribution in [0.2, 0.25) is 0 Å². The third-order valence-corrected chi connectivity index (χ3v) is 5.00. The van der Waals surface area contributed by atoms with E-state index in [1.165, 1.54) is 10.9 Å². The van der Waals surface area contributed by atoms with Crippen LogP contribution in [0.1, 0.15) is 24.1 Å². The lowest BCUT2D eigenvalue weighted by molar-refractivity contribution is -0.141. The fourth-order valence-corrected chi connectivity index (χ4v) is 3.37. The molecule has 3 rings (SSSR count). The first-order valence-electron chi connectivity index (χ1n) is 9.04. The van der Waals surface area contributed by atoms with Gasteiger partial charge in [-0.3, -0.25) is 4.79 Å². The minimum atomic E-state index is -4.47. The van der Waals surface area contributed by atoms with Gasteiger partial charge >= 0.3 is 6.18 Å². The van der Waals surface area contributed by atoms with Crippen molar-refractivity contribution in [1.82, 2.24) is 20.4 Å². The molecule has 1 saturated heterocycles. The second kappa shape index (κ2) is 9.60. The zero-order chi connectivity index (χ0) is 20.2. The first-order valence-corrected chi connectivity index (χ1v) is 9.04. The lowest BCUT2D eigenvalue weighted by Gasteiger charge is -2.35. The van der Waals surface area contributed by atoms with Gasteiger partial charge in [0.2, 0.25) is 5.91 Å². The second-order valence-electron chi connectivity index (χ2n) is 6.96. The number of hydrogen-bond donors (Lipinski definition) is 2. The predicted octanol–water partition coefficient (Wildman–Crippen LogP) is 2.95. The fourth-order valence-electron chi connectivity index (χ4n) is 3.37. The van der Waals surface area contributed by atoms with E-state index in [0.29, 0.717) is 31.7 Å². The molecule has 0 unspecified atom stereocenters. The molecule has 10 heteroatoms. The Morgan fingerprint density at radius 2 is 1.90 bits per heavy atom. The highest BCUT2D eigenvalue weighted by Gasteiger charge is 2.39. The van der Waals surface area contributed by atoms with Crippen molar-refractivity contribution in [2.45, 2.75) is 25.6 Å². The van der Waals surface area contributed by atoms with Gasteiger partial charge < -0.3 is 15.4 Å². The number of ether oxygens (including phenoxy) is 1. The summed E-state index contributed by atoms with van der Waals surface area (Å²) in [6.45, 7) is 2.26. The molecule has 1 aromatic heterocycles. The maximum Gasteiger partial charge on any atom is 0.435 e. The van der Waals surface area contributed by atoms with Crippen LogP contribution in [-0.4, -0.2) is 42.5 Å². The molecule has 2 aromatic rings. The van der Waals surface area contributed by atoms with Crippen molar-refractivity contribution >= 4 is 18.3 Å². The molecule has 0 radical (unpaired) electrons. The first-order chi connectivity index (χ1) is 13.3. The molecule has 0 saturated carbocycles. The Morgan fingerprint density at radius 1 is 1.24 bits per heavy atom. The lowest BCUT2D eigenvalue weighted by Crippen LogP contribution is -2.49. The maximum absolute atomic E-state index is 12.7. The molecule has 0 bridgehead atoms. The number of carbonyl (C=O) groups is 1. The SMILES string of the molecule is COCC1(C(=O)NCc2ccc(-n3ccc(C(F)(F)F)n3)cc2)CCNCC1.Cl. The average Bonchev–Trinajstić information content (AvgIpc) is 3.18. The van der Waals surface area contributed by atoms with Crippen LogP contribution in [0.15, 0.2) is 36.5 Å². The molecule has 2 N–H and O–H groups in total. The average molecular weight is 433 g/mol. The number of carbonyl (C=O) groups excluding carboxylic acids is 1. The zero-order valence-corrected chi connectivity index (χ0v) is 16.8. The van der Waals surface area contributed by atoms with Gasteiger partial charge in [-0.2, -0.15) is 18.3 Å². The molecule has 1 fully saturated rings. The monoisotopic (exact) mass is 432 g/mol. The molecule has 29 heavy (non-hydrogen) atoms. The molecular weight excluding hydrogens is 409 g/mol. The zero-order valence-electron chi connectivity index (χ0n) is 16.0. The number of halogens is 4. The summed E-state index contributed by atoms with van der Waals surface area (Å²) in [6, 6.07) is 7.79. The van der Waals surface area contributed by atoms with Crippen LogP contribution >= 0.6 is 12.4 Å². The van der Waals surface area contributed by atoms with Crippen molar-refractivity contribution in [2.75, 3.05) is 26.8 Å². The summed E-state index contributed by atoms with van der Waals surface area (Å²) in [6.07, 6.45) is -1.77. The van der Waals surface area contributed by atoms with E-state index in [-0.39, 0.29) is 18.3 Å². The summed E-state index contributed by atoms with van der Waals surface area (Å²) in [5.41, 5.74) is -0.0981. The number of nitrogens with one attached hydrogen (secondary N) is 2. The number of benzene rings is 1. The number of methoxy groups -OCH3 is 1. The van der Waals surface area contributed by atoms with E-state index in [4.69, 9.17) is 4.74 Å². The number of alkyl halides is 3. The van der Waals surface area contributed by atoms with Gasteiger partial charge in [-0.15, -0.1) is 12.4 Å². The van der Waals surface area contributed by atoms with Gasteiger partial charge in [0.25, 0.3) is 0 Å². The molecular formula is C19H24ClF3N4O2. The Balaban J connectivity index is 0.00000300. The van der Waals surface area contributed by atoms with E-state index in [2.05, 4.69) is 15.7 Å². The van der Waals surface area contributed by atoms with E-state index in [0.717, 1.165) is 24.7 Å². The van der Waals surface area contributed by atoms with Gasteiger partial charge in [0.05, 0.1) is 17.7 Å². The van der Waals surface area contributed by atoms with E-state index in [9.17, 15) is 18.0 Å². The highest BCUT2D eigenvalue weighted by Crippen LogP contribution is 2.30. The number of nitrogens with zero attached hydrogens (tertiary/aromatic N) is 2. The van der Waals surface area contributed by atoms with Crippen LogP contribution in [0.25, 0.3) is 5.69 Å². The van der Waals surface area contributed by atoms with Crippen LogP contribution in [0, 0.1) is 5.41 Å². The Kier molecular flexibility index (Phi) is 7.67.